The van der Waals surface area contributed by atoms with Gasteiger partial charge in [-0.2, -0.15) is 0 Å². The summed E-state index contributed by atoms with van der Waals surface area (Å²) >= 11 is 0. The molecule has 0 aromatic rings. The highest BCUT2D eigenvalue weighted by Crippen LogP contribution is 2.75. The predicted octanol–water partition coefficient (Wildman–Crippen LogP) is 3.94. The fraction of sp³-hybridized carbons (Fsp3) is 0.944. The van der Waals surface area contributed by atoms with Crippen LogP contribution in [0.5, 0.6) is 0 Å². The molecule has 1 aliphatic heterocycles. The number of ether oxygens (including phenoxy) is 2. The van der Waals surface area contributed by atoms with Gasteiger partial charge in [0.25, 0.3) is 0 Å². The quantitative estimate of drug-likeness (QED) is 0.260. The molecule has 6 aliphatic rings. The van der Waals surface area contributed by atoms with E-state index in [1.807, 2.05) is 0 Å². The van der Waals surface area contributed by atoms with Crippen LogP contribution < -0.4 is 0 Å². The highest BCUT2D eigenvalue weighted by Gasteiger charge is 2.69. The Labute approximate surface area is 264 Å². The fourth-order valence-corrected chi connectivity index (χ4v) is 12.2. The fourth-order valence-electron chi connectivity index (χ4n) is 12.2. The lowest BCUT2D eigenvalue weighted by Gasteiger charge is -2.71. The summed E-state index contributed by atoms with van der Waals surface area (Å²) in [5, 5.41) is 63.8. The van der Waals surface area contributed by atoms with Crippen LogP contribution >= 0.6 is 0 Å². The molecule has 0 spiro atoms. The van der Waals surface area contributed by atoms with Crippen LogP contribution in [0.4, 0.5) is 0 Å². The smallest absolute Gasteiger partial charge is 0.186 e. The maximum absolute atomic E-state index is 11.6. The van der Waals surface area contributed by atoms with Gasteiger partial charge in [0, 0.05) is 10.8 Å². The molecule has 1 saturated heterocycles. The first-order chi connectivity index (χ1) is 20.4. The van der Waals surface area contributed by atoms with Crippen LogP contribution in [0, 0.1) is 50.2 Å². The molecule has 5 aliphatic carbocycles. The largest absolute Gasteiger partial charge is 0.394 e. The average molecular weight is 621 g/mol. The Kier molecular flexibility index (Phi) is 8.11. The zero-order valence-electron chi connectivity index (χ0n) is 28.1. The van der Waals surface area contributed by atoms with Crippen LogP contribution in [0.2, 0.25) is 0 Å². The van der Waals surface area contributed by atoms with E-state index in [1.54, 1.807) is 5.57 Å². The summed E-state index contributed by atoms with van der Waals surface area (Å²) in [6.07, 6.45) is 3.91. The Morgan fingerprint density at radius 2 is 1.48 bits per heavy atom. The van der Waals surface area contributed by atoms with Crippen molar-refractivity contribution in [3.05, 3.63) is 11.6 Å². The summed E-state index contributed by atoms with van der Waals surface area (Å²) < 4.78 is 11.8. The summed E-state index contributed by atoms with van der Waals surface area (Å²) in [4.78, 5) is 0. The molecule has 252 valence electrons. The molecule has 4 saturated carbocycles. The second-order valence-corrected chi connectivity index (χ2v) is 18.0. The maximum Gasteiger partial charge on any atom is 0.186 e. The molecule has 6 rings (SSSR count). The molecule has 5 fully saturated rings. The van der Waals surface area contributed by atoms with Crippen molar-refractivity contribution in [2.45, 2.75) is 149 Å². The number of allylic oxidation sites excluding steroid dienone is 2. The van der Waals surface area contributed by atoms with Gasteiger partial charge >= 0.3 is 0 Å². The van der Waals surface area contributed by atoms with Crippen LogP contribution in [-0.4, -0.2) is 86.8 Å². The van der Waals surface area contributed by atoms with Gasteiger partial charge in [0.05, 0.1) is 25.4 Å². The van der Waals surface area contributed by atoms with E-state index in [-0.39, 0.29) is 45.7 Å². The standard InChI is InChI=1S/C36H60O8/c1-31(2)16-21-20-8-9-24-33(4)12-11-25(38)34(5,19-43-30-29(42)28(41)27(40)22(18-37)44-30)23(33)10-13-36(24,7)35(20,6)15-14-32(21,3)26(39)17-31/h8,21-30,37-42H,9-19H2,1-7H3. The number of hydrogen-bond donors (Lipinski definition) is 6. The van der Waals surface area contributed by atoms with Gasteiger partial charge in [0.2, 0.25) is 0 Å². The summed E-state index contributed by atoms with van der Waals surface area (Å²) in [7, 11) is 0. The second kappa shape index (κ2) is 10.7. The van der Waals surface area contributed by atoms with Crippen molar-refractivity contribution >= 4 is 0 Å². The molecule has 15 unspecified atom stereocenters. The van der Waals surface area contributed by atoms with Gasteiger partial charge in [-0.3, -0.25) is 0 Å². The Hall–Kier alpha value is -0.580. The third-order valence-corrected chi connectivity index (χ3v) is 15.3. The van der Waals surface area contributed by atoms with Crippen molar-refractivity contribution in [3.8, 4) is 0 Å². The minimum atomic E-state index is -1.49. The van der Waals surface area contributed by atoms with E-state index >= 15 is 0 Å². The van der Waals surface area contributed by atoms with Crippen molar-refractivity contribution in [1.29, 1.82) is 0 Å². The molecule has 0 radical (unpaired) electrons. The maximum atomic E-state index is 11.6. The molecule has 0 aromatic carbocycles. The third-order valence-electron chi connectivity index (χ3n) is 15.3. The van der Waals surface area contributed by atoms with E-state index in [4.69, 9.17) is 9.47 Å². The lowest BCUT2D eigenvalue weighted by Crippen LogP contribution is -2.66. The van der Waals surface area contributed by atoms with Crippen LogP contribution in [0.1, 0.15) is 106 Å². The highest BCUT2D eigenvalue weighted by molar-refractivity contribution is 5.34. The number of fused-ring (bicyclic) bond motifs is 7. The highest BCUT2D eigenvalue weighted by atomic mass is 16.7. The average Bonchev–Trinajstić information content (AvgIpc) is 2.95. The first-order valence-corrected chi connectivity index (χ1v) is 17.4. The van der Waals surface area contributed by atoms with Gasteiger partial charge in [-0.15, -0.1) is 0 Å². The summed E-state index contributed by atoms with van der Waals surface area (Å²) in [5.74, 6) is 1.02. The predicted molar refractivity (Wildman–Crippen MR) is 166 cm³/mol. The van der Waals surface area contributed by atoms with Gasteiger partial charge in [-0.05, 0) is 97.2 Å². The monoisotopic (exact) mass is 620 g/mol. The first kappa shape index (κ1) is 33.3. The van der Waals surface area contributed by atoms with Crippen molar-refractivity contribution in [1.82, 2.24) is 0 Å². The summed E-state index contributed by atoms with van der Waals surface area (Å²) in [5.41, 5.74) is 1.17. The van der Waals surface area contributed by atoms with Crippen LogP contribution in [0.25, 0.3) is 0 Å². The topological polar surface area (TPSA) is 140 Å². The molecular formula is C36H60O8. The Morgan fingerprint density at radius 3 is 2.16 bits per heavy atom. The molecule has 8 heteroatoms. The number of aliphatic hydroxyl groups excluding tert-OH is 6. The number of aliphatic hydroxyl groups is 6. The molecule has 1 heterocycles. The lowest BCUT2D eigenvalue weighted by atomic mass is 9.33. The molecule has 0 aromatic heterocycles. The van der Waals surface area contributed by atoms with Crippen molar-refractivity contribution in [2.75, 3.05) is 13.2 Å². The van der Waals surface area contributed by atoms with E-state index in [0.29, 0.717) is 18.3 Å². The van der Waals surface area contributed by atoms with Gasteiger partial charge < -0.3 is 40.1 Å². The normalized spacial score (nSPS) is 56.9. The Balaban J connectivity index is 1.29. The second-order valence-electron chi connectivity index (χ2n) is 18.0. The van der Waals surface area contributed by atoms with Crippen LogP contribution in [0.3, 0.4) is 0 Å². The summed E-state index contributed by atoms with van der Waals surface area (Å²) in [6, 6.07) is 0. The Morgan fingerprint density at radius 1 is 0.773 bits per heavy atom. The van der Waals surface area contributed by atoms with E-state index in [0.717, 1.165) is 51.4 Å². The summed E-state index contributed by atoms with van der Waals surface area (Å²) in [6.45, 7) is 16.3. The Bertz CT molecular complexity index is 1140. The minimum Gasteiger partial charge on any atom is -0.394 e. The van der Waals surface area contributed by atoms with Gasteiger partial charge in [-0.25, -0.2) is 0 Å². The van der Waals surface area contributed by atoms with E-state index < -0.39 is 48.8 Å². The molecule has 6 N–H and O–H groups in total. The number of hydrogen-bond acceptors (Lipinski definition) is 8. The van der Waals surface area contributed by atoms with Crippen LogP contribution in [0.15, 0.2) is 11.6 Å². The van der Waals surface area contributed by atoms with E-state index in [1.165, 1.54) is 0 Å². The van der Waals surface area contributed by atoms with E-state index in [2.05, 4.69) is 54.5 Å². The SMILES string of the molecule is CC1(C)CC(O)C2(C)CCC3(C)C(=CCC4C5(C)CCC(O)C(C)(COC6OC(CO)C(O)C(O)C6O)C5CCC43C)C2C1. The molecule has 8 nitrogen and oxygen atoms in total. The van der Waals surface area contributed by atoms with Gasteiger partial charge in [-0.1, -0.05) is 60.1 Å². The lowest BCUT2D eigenvalue weighted by molar-refractivity contribution is -0.315. The number of rotatable bonds is 4. The van der Waals surface area contributed by atoms with Crippen molar-refractivity contribution in [3.63, 3.8) is 0 Å². The van der Waals surface area contributed by atoms with Crippen molar-refractivity contribution < 1.29 is 40.1 Å². The first-order valence-electron chi connectivity index (χ1n) is 17.4. The molecule has 44 heavy (non-hydrogen) atoms. The van der Waals surface area contributed by atoms with Crippen LogP contribution in [-0.2, 0) is 9.47 Å². The molecule has 0 amide bonds. The zero-order valence-corrected chi connectivity index (χ0v) is 28.1. The van der Waals surface area contributed by atoms with Gasteiger partial charge in [0.15, 0.2) is 6.29 Å². The molecule has 15 atom stereocenters. The van der Waals surface area contributed by atoms with Gasteiger partial charge in [0.1, 0.15) is 24.4 Å². The molecule has 0 bridgehead atoms. The zero-order chi connectivity index (χ0) is 32.3. The molecular weight excluding hydrogens is 560 g/mol. The minimum absolute atomic E-state index is 0.0309. The third kappa shape index (κ3) is 4.52. The van der Waals surface area contributed by atoms with E-state index in [9.17, 15) is 30.6 Å². The van der Waals surface area contributed by atoms with Crippen molar-refractivity contribution in [2.24, 2.45) is 50.2 Å².